The van der Waals surface area contributed by atoms with Gasteiger partial charge in [0, 0.05) is 24.8 Å². The van der Waals surface area contributed by atoms with E-state index in [1.165, 1.54) is 24.5 Å². The molecule has 0 amide bonds. The molecule has 6 heteroatoms. The highest BCUT2D eigenvalue weighted by molar-refractivity contribution is 5.87. The molecule has 0 spiro atoms. The third kappa shape index (κ3) is 2.36. The first kappa shape index (κ1) is 11.0. The Morgan fingerprint density at radius 2 is 1.35 bits per heavy atom. The quantitative estimate of drug-likeness (QED) is 0.832. The van der Waals surface area contributed by atoms with Crippen molar-refractivity contribution >= 4 is 11.9 Å². The van der Waals surface area contributed by atoms with E-state index in [4.69, 9.17) is 10.2 Å². The molecule has 17 heavy (non-hydrogen) atoms. The molecule has 0 atom stereocenters. The first-order valence-electron chi connectivity index (χ1n) is 4.84. The second-order valence-corrected chi connectivity index (χ2v) is 3.58. The van der Waals surface area contributed by atoms with E-state index in [0.717, 1.165) is 0 Å². The van der Waals surface area contributed by atoms with Gasteiger partial charge in [-0.25, -0.2) is 9.59 Å². The number of aromatic nitrogens is 2. The van der Waals surface area contributed by atoms with Gasteiger partial charge in [0.2, 0.25) is 0 Å². The fraction of sp³-hybridized carbons (Fsp3) is 0.0909. The summed E-state index contributed by atoms with van der Waals surface area (Å²) in [6.45, 7) is 0.376. The molecule has 6 nitrogen and oxygen atoms in total. The predicted octanol–water partition coefficient (Wildman–Crippen LogP) is 1.19. The Morgan fingerprint density at radius 3 is 1.65 bits per heavy atom. The van der Waals surface area contributed by atoms with Crippen molar-refractivity contribution in [2.24, 2.45) is 0 Å². The van der Waals surface area contributed by atoms with Crippen LogP contribution in [0.15, 0.2) is 36.9 Å². The zero-order valence-electron chi connectivity index (χ0n) is 8.78. The number of carbonyl (C=O) groups is 2. The van der Waals surface area contributed by atoms with Crippen LogP contribution in [0, 0.1) is 0 Å². The van der Waals surface area contributed by atoms with Gasteiger partial charge in [0.1, 0.15) is 0 Å². The highest BCUT2D eigenvalue weighted by Crippen LogP contribution is 2.05. The van der Waals surface area contributed by atoms with Gasteiger partial charge in [-0.2, -0.15) is 0 Å². The minimum atomic E-state index is -0.984. The maximum absolute atomic E-state index is 10.7. The smallest absolute Gasteiger partial charge is 0.337 e. The van der Waals surface area contributed by atoms with Gasteiger partial charge in [0.15, 0.2) is 0 Å². The summed E-state index contributed by atoms with van der Waals surface area (Å²) in [5.41, 5.74) is 0.409. The summed E-state index contributed by atoms with van der Waals surface area (Å²) in [6.07, 6.45) is 6.24. The van der Waals surface area contributed by atoms with E-state index in [2.05, 4.69) is 0 Å². The molecular weight excluding hydrogens is 224 g/mol. The van der Waals surface area contributed by atoms with Gasteiger partial charge in [-0.3, -0.25) is 0 Å². The normalized spacial score (nSPS) is 10.4. The number of hydrogen-bond acceptors (Lipinski definition) is 2. The molecule has 0 aromatic carbocycles. The van der Waals surface area contributed by atoms with Gasteiger partial charge in [-0.1, -0.05) is 0 Å². The van der Waals surface area contributed by atoms with E-state index in [1.54, 1.807) is 21.5 Å². The monoisotopic (exact) mass is 234 g/mol. The molecule has 88 valence electrons. The van der Waals surface area contributed by atoms with Gasteiger partial charge >= 0.3 is 11.9 Å². The van der Waals surface area contributed by atoms with E-state index < -0.39 is 11.9 Å². The SMILES string of the molecule is O=C(O)c1ccn(Cn2ccc(C(=O)O)c2)c1. The van der Waals surface area contributed by atoms with Crippen LogP contribution in [0.1, 0.15) is 20.7 Å². The Bertz CT molecular complexity index is 517. The molecule has 0 saturated heterocycles. The van der Waals surface area contributed by atoms with E-state index in [-0.39, 0.29) is 11.1 Å². The topological polar surface area (TPSA) is 84.5 Å². The Balaban J connectivity index is 2.13. The highest BCUT2D eigenvalue weighted by atomic mass is 16.4. The molecular formula is C11H10N2O4. The van der Waals surface area contributed by atoms with Crippen LogP contribution >= 0.6 is 0 Å². The van der Waals surface area contributed by atoms with E-state index in [1.807, 2.05) is 0 Å². The molecule has 2 rings (SSSR count). The van der Waals surface area contributed by atoms with Gasteiger partial charge in [0.25, 0.3) is 0 Å². The van der Waals surface area contributed by atoms with Gasteiger partial charge < -0.3 is 19.3 Å². The Morgan fingerprint density at radius 1 is 0.941 bits per heavy atom. The lowest BCUT2D eigenvalue weighted by Gasteiger charge is -2.03. The van der Waals surface area contributed by atoms with Crippen molar-refractivity contribution in [3.8, 4) is 0 Å². The third-order valence-electron chi connectivity index (χ3n) is 2.32. The first-order chi connectivity index (χ1) is 8.06. The van der Waals surface area contributed by atoms with Crippen LogP contribution in [-0.4, -0.2) is 31.3 Å². The maximum Gasteiger partial charge on any atom is 0.337 e. The number of carboxylic acid groups (broad SMARTS) is 2. The van der Waals surface area contributed by atoms with Gasteiger partial charge in [-0.05, 0) is 12.1 Å². The summed E-state index contributed by atoms with van der Waals surface area (Å²) in [5, 5.41) is 17.5. The second kappa shape index (κ2) is 4.17. The molecule has 0 fully saturated rings. The summed E-state index contributed by atoms with van der Waals surface area (Å²) in [5.74, 6) is -1.97. The van der Waals surface area contributed by atoms with E-state index in [0.29, 0.717) is 6.67 Å². The van der Waals surface area contributed by atoms with Crippen LogP contribution in [0.4, 0.5) is 0 Å². The molecule has 2 heterocycles. The minimum Gasteiger partial charge on any atom is -0.478 e. The van der Waals surface area contributed by atoms with Gasteiger partial charge in [0.05, 0.1) is 17.8 Å². The zero-order chi connectivity index (χ0) is 12.4. The Hall–Kier alpha value is -2.50. The summed E-state index contributed by atoms with van der Waals surface area (Å²) >= 11 is 0. The van der Waals surface area contributed by atoms with Crippen molar-refractivity contribution in [3.63, 3.8) is 0 Å². The lowest BCUT2D eigenvalue weighted by Crippen LogP contribution is -2.04. The van der Waals surface area contributed by atoms with Crippen molar-refractivity contribution in [2.45, 2.75) is 6.67 Å². The Kier molecular flexibility index (Phi) is 2.70. The molecule has 0 unspecified atom stereocenters. The van der Waals surface area contributed by atoms with Crippen molar-refractivity contribution in [2.75, 3.05) is 0 Å². The van der Waals surface area contributed by atoms with Crippen LogP contribution in [-0.2, 0) is 6.67 Å². The lowest BCUT2D eigenvalue weighted by atomic mass is 10.4. The third-order valence-corrected chi connectivity index (χ3v) is 2.32. The maximum atomic E-state index is 10.7. The number of carboxylic acids is 2. The van der Waals surface area contributed by atoms with Crippen molar-refractivity contribution in [1.29, 1.82) is 0 Å². The summed E-state index contributed by atoms with van der Waals surface area (Å²) < 4.78 is 3.32. The van der Waals surface area contributed by atoms with Crippen molar-refractivity contribution in [3.05, 3.63) is 48.0 Å². The minimum absolute atomic E-state index is 0.204. The number of aromatic carboxylic acids is 2. The molecule has 2 aromatic heterocycles. The zero-order valence-corrected chi connectivity index (χ0v) is 8.78. The summed E-state index contributed by atoms with van der Waals surface area (Å²) in [6, 6.07) is 2.98. The number of nitrogens with zero attached hydrogens (tertiary/aromatic N) is 2. The van der Waals surface area contributed by atoms with Crippen LogP contribution in [0.25, 0.3) is 0 Å². The molecule has 0 aliphatic heterocycles. The fourth-order valence-electron chi connectivity index (χ4n) is 1.50. The van der Waals surface area contributed by atoms with Gasteiger partial charge in [-0.15, -0.1) is 0 Å². The molecule has 2 aromatic rings. The van der Waals surface area contributed by atoms with Crippen molar-refractivity contribution in [1.82, 2.24) is 9.13 Å². The van der Waals surface area contributed by atoms with Crippen LogP contribution in [0.3, 0.4) is 0 Å². The average molecular weight is 234 g/mol. The molecule has 0 bridgehead atoms. The lowest BCUT2D eigenvalue weighted by molar-refractivity contribution is 0.0686. The molecule has 0 aliphatic rings. The number of rotatable bonds is 4. The molecule has 2 N–H and O–H groups in total. The van der Waals surface area contributed by atoms with Crippen LogP contribution < -0.4 is 0 Å². The molecule has 0 aliphatic carbocycles. The first-order valence-corrected chi connectivity index (χ1v) is 4.84. The van der Waals surface area contributed by atoms with Crippen LogP contribution in [0.2, 0.25) is 0 Å². The highest BCUT2D eigenvalue weighted by Gasteiger charge is 2.06. The fourth-order valence-corrected chi connectivity index (χ4v) is 1.50. The van der Waals surface area contributed by atoms with E-state index in [9.17, 15) is 9.59 Å². The summed E-state index contributed by atoms with van der Waals surface area (Å²) in [7, 11) is 0. The average Bonchev–Trinajstić information content (AvgIpc) is 2.87. The van der Waals surface area contributed by atoms with Crippen LogP contribution in [0.5, 0.6) is 0 Å². The largest absolute Gasteiger partial charge is 0.478 e. The summed E-state index contributed by atoms with van der Waals surface area (Å²) in [4.78, 5) is 21.3. The number of hydrogen-bond donors (Lipinski definition) is 2. The predicted molar refractivity (Wildman–Crippen MR) is 58.2 cm³/mol. The second-order valence-electron chi connectivity index (χ2n) is 3.58. The van der Waals surface area contributed by atoms with Crippen molar-refractivity contribution < 1.29 is 19.8 Å². The molecule has 0 saturated carbocycles. The van der Waals surface area contributed by atoms with E-state index >= 15 is 0 Å². The standard InChI is InChI=1S/C11H10N2O4/c14-10(15)8-1-3-12(5-8)7-13-4-2-9(6-13)11(16)17/h1-6H,7H2,(H,14,15)(H,16,17). The molecule has 0 radical (unpaired) electrons. The Labute approximate surface area is 96.3 Å².